The molecule has 3 heteroatoms. The lowest BCUT2D eigenvalue weighted by molar-refractivity contribution is -0.146. The van der Waals surface area contributed by atoms with Crippen molar-refractivity contribution in [3.63, 3.8) is 0 Å². The van der Waals surface area contributed by atoms with Gasteiger partial charge in [0.1, 0.15) is 0 Å². The Bertz CT molecular complexity index is 476. The Kier molecular flexibility index (Phi) is 2.97. The molecule has 3 nitrogen and oxygen atoms in total. The van der Waals surface area contributed by atoms with Crippen LogP contribution in [0.2, 0.25) is 0 Å². The minimum Gasteiger partial charge on any atom is -0.273 e. The number of hydrogen-bond donors (Lipinski definition) is 1. The van der Waals surface area contributed by atoms with Crippen LogP contribution in [-0.2, 0) is 4.79 Å². The van der Waals surface area contributed by atoms with Gasteiger partial charge in [-0.2, -0.15) is 5.10 Å². The largest absolute Gasteiger partial charge is 0.273 e. The van der Waals surface area contributed by atoms with E-state index in [1.54, 1.807) is 0 Å². The van der Waals surface area contributed by atoms with Crippen molar-refractivity contribution in [2.24, 2.45) is 46.0 Å². The number of fused-ring (bicyclic) bond motifs is 2. The maximum Gasteiger partial charge on any atom is 0.246 e. The fraction of sp³-hybridized carbons (Fsp3) is 0.895. The molecule has 6 bridgehead atoms. The second-order valence-electron chi connectivity index (χ2n) is 9.26. The van der Waals surface area contributed by atoms with Crippen LogP contribution in [0.5, 0.6) is 0 Å². The number of carbonyl (C=O) groups is 1. The number of hydrogen-bond acceptors (Lipinski definition) is 2. The second-order valence-corrected chi connectivity index (χ2v) is 9.26. The molecular formula is C19H28N2O. The topological polar surface area (TPSA) is 41.5 Å². The van der Waals surface area contributed by atoms with Crippen LogP contribution in [0.3, 0.4) is 0 Å². The van der Waals surface area contributed by atoms with Gasteiger partial charge in [0.2, 0.25) is 5.91 Å². The van der Waals surface area contributed by atoms with Gasteiger partial charge in [-0.05, 0) is 93.3 Å². The van der Waals surface area contributed by atoms with Gasteiger partial charge < -0.3 is 0 Å². The SMILES string of the molecule is O=C(N/N=C\[C@H]1C[C@@H]2CC[C@H]1C2)C12CC3CC(CC(C3)C1)C2. The first-order valence-corrected chi connectivity index (χ1v) is 9.54. The maximum absolute atomic E-state index is 12.8. The highest BCUT2D eigenvalue weighted by atomic mass is 16.2. The van der Waals surface area contributed by atoms with E-state index in [2.05, 4.69) is 16.7 Å². The summed E-state index contributed by atoms with van der Waals surface area (Å²) in [7, 11) is 0. The van der Waals surface area contributed by atoms with E-state index in [9.17, 15) is 4.79 Å². The standard InChI is InChI=1S/C19H28N2O/c22-18(21-20-11-17-7-12-1-2-16(17)6-12)19-8-13-3-14(9-19)5-15(4-13)10-19/h11-17H,1-10H2,(H,21,22)/b20-11-/t12-,13?,14?,15?,16+,17-,19?/m1/s1. The molecule has 1 N–H and O–H groups in total. The number of nitrogens with one attached hydrogen (secondary N) is 1. The van der Waals surface area contributed by atoms with Gasteiger partial charge in [0, 0.05) is 6.21 Å². The van der Waals surface area contributed by atoms with Crippen molar-refractivity contribution >= 4 is 12.1 Å². The summed E-state index contributed by atoms with van der Waals surface area (Å²) in [4.78, 5) is 12.8. The molecule has 6 rings (SSSR count). The Morgan fingerprint density at radius 1 is 0.909 bits per heavy atom. The van der Waals surface area contributed by atoms with Crippen molar-refractivity contribution in [1.82, 2.24) is 5.43 Å². The minimum absolute atomic E-state index is 0.0548. The number of nitrogens with zero attached hydrogens (tertiary/aromatic N) is 1. The molecule has 0 saturated heterocycles. The molecule has 22 heavy (non-hydrogen) atoms. The van der Waals surface area contributed by atoms with Crippen molar-refractivity contribution in [3.05, 3.63) is 0 Å². The zero-order valence-electron chi connectivity index (χ0n) is 13.5. The molecule has 0 unspecified atom stereocenters. The zero-order valence-corrected chi connectivity index (χ0v) is 13.5. The molecule has 0 aliphatic heterocycles. The molecule has 120 valence electrons. The maximum atomic E-state index is 12.8. The summed E-state index contributed by atoms with van der Waals surface area (Å²) in [5.41, 5.74) is 2.90. The van der Waals surface area contributed by atoms with Crippen molar-refractivity contribution in [2.45, 2.75) is 64.2 Å². The summed E-state index contributed by atoms with van der Waals surface area (Å²) in [5, 5.41) is 4.40. The summed E-state index contributed by atoms with van der Waals surface area (Å²) < 4.78 is 0. The predicted octanol–water partition coefficient (Wildman–Crippen LogP) is 3.74. The van der Waals surface area contributed by atoms with E-state index < -0.39 is 0 Å². The van der Waals surface area contributed by atoms with Crippen LogP contribution in [0.15, 0.2) is 5.10 Å². The summed E-state index contributed by atoms with van der Waals surface area (Å²) >= 11 is 0. The van der Waals surface area contributed by atoms with Crippen molar-refractivity contribution < 1.29 is 4.79 Å². The van der Waals surface area contributed by atoms with Crippen LogP contribution < -0.4 is 5.43 Å². The van der Waals surface area contributed by atoms with Crippen molar-refractivity contribution in [1.29, 1.82) is 0 Å². The number of rotatable bonds is 3. The van der Waals surface area contributed by atoms with Gasteiger partial charge in [-0.25, -0.2) is 5.43 Å². The van der Waals surface area contributed by atoms with Crippen LogP contribution in [0.25, 0.3) is 0 Å². The molecule has 6 fully saturated rings. The van der Waals surface area contributed by atoms with Crippen LogP contribution in [0.1, 0.15) is 64.2 Å². The fourth-order valence-electron chi connectivity index (χ4n) is 7.18. The van der Waals surface area contributed by atoms with Gasteiger partial charge in [-0.15, -0.1) is 0 Å². The monoisotopic (exact) mass is 300 g/mol. The predicted molar refractivity (Wildman–Crippen MR) is 86.2 cm³/mol. The van der Waals surface area contributed by atoms with E-state index >= 15 is 0 Å². The lowest BCUT2D eigenvalue weighted by Crippen LogP contribution is -2.52. The summed E-state index contributed by atoms with van der Waals surface area (Å²) in [6.07, 6.45) is 15.2. The Labute approximate surface area is 133 Å². The summed E-state index contributed by atoms with van der Waals surface area (Å²) in [6, 6.07) is 0. The fourth-order valence-corrected chi connectivity index (χ4v) is 7.18. The highest BCUT2D eigenvalue weighted by Gasteiger charge is 2.54. The van der Waals surface area contributed by atoms with Gasteiger partial charge >= 0.3 is 0 Å². The molecule has 6 aliphatic rings. The van der Waals surface area contributed by atoms with E-state index in [0.717, 1.165) is 48.9 Å². The van der Waals surface area contributed by atoms with E-state index in [-0.39, 0.29) is 11.3 Å². The average molecular weight is 300 g/mol. The van der Waals surface area contributed by atoms with Crippen LogP contribution in [0.4, 0.5) is 0 Å². The molecule has 1 amide bonds. The van der Waals surface area contributed by atoms with Gasteiger partial charge in [0.25, 0.3) is 0 Å². The smallest absolute Gasteiger partial charge is 0.246 e. The number of amides is 1. The second kappa shape index (κ2) is 4.82. The lowest BCUT2D eigenvalue weighted by atomic mass is 9.49. The van der Waals surface area contributed by atoms with Gasteiger partial charge in [0.15, 0.2) is 0 Å². The summed E-state index contributed by atoms with van der Waals surface area (Å²) in [6.45, 7) is 0. The van der Waals surface area contributed by atoms with Gasteiger partial charge in [0.05, 0.1) is 5.41 Å². The molecule has 0 radical (unpaired) electrons. The van der Waals surface area contributed by atoms with E-state index in [1.807, 2.05) is 0 Å². The van der Waals surface area contributed by atoms with Gasteiger partial charge in [-0.1, -0.05) is 6.42 Å². The molecule has 0 aromatic heterocycles. The van der Waals surface area contributed by atoms with Crippen LogP contribution in [-0.4, -0.2) is 12.1 Å². The number of hydrazone groups is 1. The molecule has 0 aromatic rings. The molecule has 0 spiro atoms. The Hall–Kier alpha value is -0.860. The Morgan fingerprint density at radius 2 is 1.59 bits per heavy atom. The first kappa shape index (κ1) is 13.6. The number of carbonyl (C=O) groups excluding carboxylic acids is 1. The highest BCUT2D eigenvalue weighted by Crippen LogP contribution is 2.60. The molecular weight excluding hydrogens is 272 g/mol. The lowest BCUT2D eigenvalue weighted by Gasteiger charge is -2.55. The molecule has 0 heterocycles. The highest BCUT2D eigenvalue weighted by molar-refractivity contribution is 5.83. The first-order chi connectivity index (χ1) is 10.7. The Balaban J connectivity index is 1.24. The van der Waals surface area contributed by atoms with E-state index in [0.29, 0.717) is 5.92 Å². The van der Waals surface area contributed by atoms with Crippen molar-refractivity contribution in [3.8, 4) is 0 Å². The molecule has 6 aliphatic carbocycles. The van der Waals surface area contributed by atoms with Crippen LogP contribution in [0, 0.1) is 40.9 Å². The third-order valence-corrected chi connectivity index (χ3v) is 7.74. The molecule has 3 atom stereocenters. The van der Waals surface area contributed by atoms with E-state index in [4.69, 9.17) is 0 Å². The normalized spacial score (nSPS) is 51.8. The molecule has 6 saturated carbocycles. The quantitative estimate of drug-likeness (QED) is 0.626. The first-order valence-electron chi connectivity index (χ1n) is 9.54. The molecule has 0 aromatic carbocycles. The third kappa shape index (κ3) is 2.07. The van der Waals surface area contributed by atoms with Crippen LogP contribution >= 0.6 is 0 Å². The summed E-state index contributed by atoms with van der Waals surface area (Å²) in [5.74, 6) is 5.15. The van der Waals surface area contributed by atoms with Crippen molar-refractivity contribution in [2.75, 3.05) is 0 Å². The third-order valence-electron chi connectivity index (χ3n) is 7.74. The van der Waals surface area contributed by atoms with E-state index in [1.165, 1.54) is 44.9 Å². The zero-order chi connectivity index (χ0) is 14.7. The van der Waals surface area contributed by atoms with Gasteiger partial charge in [-0.3, -0.25) is 4.79 Å². The minimum atomic E-state index is -0.0548. The Morgan fingerprint density at radius 3 is 2.14 bits per heavy atom. The average Bonchev–Trinajstić information content (AvgIpc) is 3.08.